The van der Waals surface area contributed by atoms with Crippen molar-refractivity contribution < 1.29 is 9.13 Å². The number of hydrogen-bond donors (Lipinski definition) is 0. The van der Waals surface area contributed by atoms with Crippen LogP contribution in [0.3, 0.4) is 0 Å². The topological polar surface area (TPSA) is 47.4 Å². The van der Waals surface area contributed by atoms with E-state index in [4.69, 9.17) is 9.73 Å². The van der Waals surface area contributed by atoms with Crippen LogP contribution < -0.4 is 0 Å². The molecule has 4 rings (SSSR count). The molecular formula is C29H40FN3O. The summed E-state index contributed by atoms with van der Waals surface area (Å²) >= 11 is 0. The van der Waals surface area contributed by atoms with Crippen LogP contribution in [0.15, 0.2) is 58.7 Å². The third-order valence-electron chi connectivity index (χ3n) is 7.68. The molecule has 0 spiro atoms. The molecule has 1 fully saturated rings. The van der Waals surface area contributed by atoms with Gasteiger partial charge in [-0.3, -0.25) is 4.99 Å². The van der Waals surface area contributed by atoms with E-state index in [0.29, 0.717) is 18.9 Å². The Balaban J connectivity index is 1.44. The SMILES string of the molecule is CCC(CCCC(C)CC1CCCOC1)C1=CC(C2=CC=C(F)CC2)=NCC1c1ncccn1. The minimum absolute atomic E-state index is 0.0414. The van der Waals surface area contributed by atoms with Crippen molar-refractivity contribution in [3.05, 3.63) is 59.5 Å². The molecule has 184 valence electrons. The van der Waals surface area contributed by atoms with Gasteiger partial charge in [0.05, 0.1) is 18.2 Å². The molecule has 1 saturated heterocycles. The van der Waals surface area contributed by atoms with E-state index in [2.05, 4.69) is 29.9 Å². The highest BCUT2D eigenvalue weighted by Gasteiger charge is 2.29. The van der Waals surface area contributed by atoms with Crippen molar-refractivity contribution in [1.29, 1.82) is 0 Å². The number of allylic oxidation sites excluding steroid dienone is 5. The zero-order valence-electron chi connectivity index (χ0n) is 20.9. The first-order valence-electron chi connectivity index (χ1n) is 13.3. The van der Waals surface area contributed by atoms with Gasteiger partial charge in [0.25, 0.3) is 0 Å². The number of aromatic nitrogens is 2. The van der Waals surface area contributed by atoms with Gasteiger partial charge < -0.3 is 4.74 Å². The second kappa shape index (κ2) is 12.5. The van der Waals surface area contributed by atoms with Crippen molar-refractivity contribution in [3.63, 3.8) is 0 Å². The molecule has 3 aliphatic rings. The van der Waals surface area contributed by atoms with Gasteiger partial charge in [0.1, 0.15) is 11.7 Å². The van der Waals surface area contributed by atoms with E-state index in [1.807, 2.05) is 24.5 Å². The Kier molecular flexibility index (Phi) is 9.20. The molecule has 0 radical (unpaired) electrons. The lowest BCUT2D eigenvalue weighted by Crippen LogP contribution is -2.23. The third-order valence-corrected chi connectivity index (χ3v) is 7.68. The summed E-state index contributed by atoms with van der Waals surface area (Å²) in [5.41, 5.74) is 3.57. The fourth-order valence-corrected chi connectivity index (χ4v) is 5.74. The van der Waals surface area contributed by atoms with Crippen molar-refractivity contribution in [2.45, 2.75) is 77.6 Å². The summed E-state index contributed by atoms with van der Waals surface area (Å²) in [6.45, 7) is 7.26. The molecule has 1 aromatic heterocycles. The fourth-order valence-electron chi connectivity index (χ4n) is 5.74. The highest BCUT2D eigenvalue weighted by molar-refractivity contribution is 6.09. The smallest absolute Gasteiger partial charge is 0.137 e. The molecule has 34 heavy (non-hydrogen) atoms. The molecule has 0 saturated carbocycles. The van der Waals surface area contributed by atoms with Crippen molar-refractivity contribution in [1.82, 2.24) is 9.97 Å². The van der Waals surface area contributed by atoms with Crippen molar-refractivity contribution in [2.24, 2.45) is 22.7 Å². The summed E-state index contributed by atoms with van der Waals surface area (Å²) in [6, 6.07) is 1.87. The number of hydrogen-bond acceptors (Lipinski definition) is 4. The second-order valence-electron chi connectivity index (χ2n) is 10.3. The summed E-state index contributed by atoms with van der Waals surface area (Å²) in [5, 5.41) is 0. The summed E-state index contributed by atoms with van der Waals surface area (Å²) in [4.78, 5) is 14.1. The molecular weight excluding hydrogens is 425 g/mol. The van der Waals surface area contributed by atoms with Crippen LogP contribution in [0.5, 0.6) is 0 Å². The van der Waals surface area contributed by atoms with Crippen LogP contribution in [-0.4, -0.2) is 35.4 Å². The number of halogens is 1. The van der Waals surface area contributed by atoms with E-state index >= 15 is 0 Å². The first kappa shape index (κ1) is 25.0. The maximum absolute atomic E-state index is 13.6. The Morgan fingerprint density at radius 1 is 1.15 bits per heavy atom. The summed E-state index contributed by atoms with van der Waals surface area (Å²) in [5.74, 6) is 2.92. The van der Waals surface area contributed by atoms with Crippen molar-refractivity contribution >= 4 is 5.71 Å². The van der Waals surface area contributed by atoms with Crippen LogP contribution >= 0.6 is 0 Å². The van der Waals surface area contributed by atoms with Crippen LogP contribution in [0, 0.1) is 17.8 Å². The fraction of sp³-hybridized carbons (Fsp3) is 0.621. The Bertz CT molecular complexity index is 915. The largest absolute Gasteiger partial charge is 0.381 e. The minimum Gasteiger partial charge on any atom is -0.381 e. The van der Waals surface area contributed by atoms with Crippen LogP contribution in [-0.2, 0) is 4.74 Å². The lowest BCUT2D eigenvalue weighted by atomic mass is 9.78. The Labute approximate surface area is 204 Å². The third kappa shape index (κ3) is 6.71. The van der Waals surface area contributed by atoms with Gasteiger partial charge in [0, 0.05) is 32.0 Å². The normalized spacial score (nSPS) is 25.0. The van der Waals surface area contributed by atoms with Gasteiger partial charge in [0.2, 0.25) is 0 Å². The van der Waals surface area contributed by atoms with E-state index in [-0.39, 0.29) is 11.7 Å². The lowest BCUT2D eigenvalue weighted by Gasteiger charge is -2.30. The van der Waals surface area contributed by atoms with Crippen LogP contribution in [0.2, 0.25) is 0 Å². The molecule has 4 unspecified atom stereocenters. The average molecular weight is 466 g/mol. The number of nitrogens with zero attached hydrogens (tertiary/aromatic N) is 3. The Hall–Kier alpha value is -2.14. The molecule has 0 N–H and O–H groups in total. The minimum atomic E-state index is -0.0414. The van der Waals surface area contributed by atoms with Gasteiger partial charge >= 0.3 is 0 Å². The zero-order chi connectivity index (χ0) is 23.8. The summed E-state index contributed by atoms with van der Waals surface area (Å²) in [6.07, 6.45) is 19.2. The standard InChI is InChI=1S/C29H40FN3O/c1-3-23(9-4-7-21(2)17-22-8-5-16-34-20-22)26-18-28(24-10-12-25(30)13-11-24)33-19-27(26)29-31-14-6-15-32-29/h6,10,12,14-15,18,21-23,27H,3-5,7-9,11,13,16-17,19-20H2,1-2H3. The van der Waals surface area contributed by atoms with E-state index in [0.717, 1.165) is 55.0 Å². The quantitative estimate of drug-likeness (QED) is 0.368. The molecule has 1 aliphatic carbocycles. The maximum Gasteiger partial charge on any atom is 0.137 e. The van der Waals surface area contributed by atoms with E-state index < -0.39 is 0 Å². The van der Waals surface area contributed by atoms with Gasteiger partial charge in [-0.2, -0.15) is 0 Å². The predicted molar refractivity (Wildman–Crippen MR) is 137 cm³/mol. The molecule has 0 aromatic carbocycles. The molecule has 5 heteroatoms. The zero-order valence-corrected chi connectivity index (χ0v) is 20.9. The summed E-state index contributed by atoms with van der Waals surface area (Å²) < 4.78 is 19.2. The molecule has 4 nitrogen and oxygen atoms in total. The van der Waals surface area contributed by atoms with Crippen molar-refractivity contribution in [2.75, 3.05) is 19.8 Å². The van der Waals surface area contributed by atoms with E-state index in [9.17, 15) is 4.39 Å². The first-order chi connectivity index (χ1) is 16.6. The lowest BCUT2D eigenvalue weighted by molar-refractivity contribution is 0.0454. The molecule has 1 aromatic rings. The van der Waals surface area contributed by atoms with E-state index in [1.165, 1.54) is 44.1 Å². The molecule has 2 aliphatic heterocycles. The molecule has 3 heterocycles. The Morgan fingerprint density at radius 2 is 2.00 bits per heavy atom. The van der Waals surface area contributed by atoms with Gasteiger partial charge in [-0.15, -0.1) is 0 Å². The maximum atomic E-state index is 13.6. The van der Waals surface area contributed by atoms with Gasteiger partial charge in [-0.25, -0.2) is 14.4 Å². The van der Waals surface area contributed by atoms with Crippen LogP contribution in [0.1, 0.15) is 83.4 Å². The number of aliphatic imine (C=N–C) groups is 1. The van der Waals surface area contributed by atoms with Gasteiger partial charge in [-0.1, -0.05) is 38.3 Å². The second-order valence-corrected chi connectivity index (χ2v) is 10.3. The molecule has 4 atom stereocenters. The average Bonchev–Trinajstić information content (AvgIpc) is 2.88. The number of rotatable bonds is 10. The monoisotopic (exact) mass is 465 g/mol. The highest BCUT2D eigenvalue weighted by Crippen LogP contribution is 2.37. The number of dihydropyridines is 1. The van der Waals surface area contributed by atoms with Crippen molar-refractivity contribution in [3.8, 4) is 0 Å². The number of ether oxygens (including phenoxy) is 1. The highest BCUT2D eigenvalue weighted by atomic mass is 19.1. The first-order valence-corrected chi connectivity index (χ1v) is 13.3. The summed E-state index contributed by atoms with van der Waals surface area (Å²) in [7, 11) is 0. The van der Waals surface area contributed by atoms with Gasteiger partial charge in [0.15, 0.2) is 0 Å². The Morgan fingerprint density at radius 3 is 2.71 bits per heavy atom. The van der Waals surface area contributed by atoms with Crippen LogP contribution in [0.25, 0.3) is 0 Å². The molecule has 0 bridgehead atoms. The molecule has 0 amide bonds. The van der Waals surface area contributed by atoms with E-state index in [1.54, 1.807) is 6.08 Å². The predicted octanol–water partition coefficient (Wildman–Crippen LogP) is 7.16. The van der Waals surface area contributed by atoms with Gasteiger partial charge in [-0.05, 0) is 80.1 Å². The van der Waals surface area contributed by atoms with Crippen LogP contribution in [0.4, 0.5) is 4.39 Å².